The van der Waals surface area contributed by atoms with Crippen molar-refractivity contribution in [1.29, 1.82) is 0 Å². The normalized spacial score (nSPS) is 10.7. The summed E-state index contributed by atoms with van der Waals surface area (Å²) in [7, 11) is 1.49. The molecule has 4 N–H and O–H groups in total. The number of nitrogens with two attached hydrogens (primary N) is 1. The number of hydrogen-bond acceptors (Lipinski definition) is 7. The van der Waals surface area contributed by atoms with E-state index >= 15 is 0 Å². The SMILES string of the molecule is COc1cc(F)cc(Nc2nc3ccccc3nc2NSc2cccc(N)c2)c1. The summed E-state index contributed by atoms with van der Waals surface area (Å²) in [4.78, 5) is 10.2. The van der Waals surface area contributed by atoms with Gasteiger partial charge in [0.05, 0.1) is 18.1 Å². The number of anilines is 4. The van der Waals surface area contributed by atoms with Gasteiger partial charge in [-0.25, -0.2) is 14.4 Å². The van der Waals surface area contributed by atoms with Gasteiger partial charge >= 0.3 is 0 Å². The minimum Gasteiger partial charge on any atom is -0.497 e. The van der Waals surface area contributed by atoms with Gasteiger partial charge in [0.15, 0.2) is 11.6 Å². The van der Waals surface area contributed by atoms with E-state index in [2.05, 4.69) is 20.0 Å². The summed E-state index contributed by atoms with van der Waals surface area (Å²) in [5.74, 6) is 0.973. The minimum absolute atomic E-state index is 0.407. The Bertz CT molecular complexity index is 1170. The number of methoxy groups -OCH3 is 1. The van der Waals surface area contributed by atoms with E-state index in [1.165, 1.54) is 31.2 Å². The molecule has 0 bridgehead atoms. The Kier molecular flexibility index (Phi) is 5.35. The molecule has 0 atom stereocenters. The standard InChI is InChI=1S/C21H18FN5OS/c1-28-16-10-13(22)9-15(12-16)24-20-21(26-19-8-3-2-7-18(19)25-20)27-29-17-6-4-5-14(23)11-17/h2-12H,23H2,1H3,(H,24,25)(H,26,27). The highest BCUT2D eigenvalue weighted by Gasteiger charge is 2.11. The van der Waals surface area contributed by atoms with Gasteiger partial charge in [0, 0.05) is 28.4 Å². The summed E-state index contributed by atoms with van der Waals surface area (Å²) in [5.41, 5.74) is 8.48. The summed E-state index contributed by atoms with van der Waals surface area (Å²) in [6, 6.07) is 19.4. The van der Waals surface area contributed by atoms with Crippen LogP contribution in [0.15, 0.2) is 71.6 Å². The predicted molar refractivity (Wildman–Crippen MR) is 116 cm³/mol. The van der Waals surface area contributed by atoms with Crippen LogP contribution in [-0.4, -0.2) is 17.1 Å². The zero-order valence-electron chi connectivity index (χ0n) is 15.5. The smallest absolute Gasteiger partial charge is 0.180 e. The number of halogens is 1. The molecule has 0 unspecified atom stereocenters. The summed E-state index contributed by atoms with van der Waals surface area (Å²) in [5, 5.41) is 3.13. The lowest BCUT2D eigenvalue weighted by molar-refractivity contribution is 0.411. The molecule has 0 saturated heterocycles. The van der Waals surface area contributed by atoms with Gasteiger partial charge in [0.2, 0.25) is 0 Å². The Morgan fingerprint density at radius 2 is 1.69 bits per heavy atom. The molecule has 146 valence electrons. The lowest BCUT2D eigenvalue weighted by Gasteiger charge is -2.14. The first kappa shape index (κ1) is 18.8. The molecular formula is C21H18FN5OS. The molecule has 29 heavy (non-hydrogen) atoms. The van der Waals surface area contributed by atoms with E-state index in [0.717, 1.165) is 15.9 Å². The monoisotopic (exact) mass is 407 g/mol. The van der Waals surface area contributed by atoms with Crippen LogP contribution in [0, 0.1) is 5.82 Å². The van der Waals surface area contributed by atoms with Gasteiger partial charge in [-0.3, -0.25) is 0 Å². The summed E-state index contributed by atoms with van der Waals surface area (Å²) in [6.45, 7) is 0. The second-order valence-electron chi connectivity index (χ2n) is 6.19. The number of nitrogens with one attached hydrogen (secondary N) is 2. The number of fused-ring (bicyclic) bond motifs is 1. The lowest BCUT2D eigenvalue weighted by atomic mass is 10.2. The first-order chi connectivity index (χ1) is 14.1. The van der Waals surface area contributed by atoms with E-state index in [9.17, 15) is 4.39 Å². The van der Waals surface area contributed by atoms with Crippen LogP contribution < -0.4 is 20.5 Å². The van der Waals surface area contributed by atoms with Crippen LogP contribution in [0.25, 0.3) is 11.0 Å². The largest absolute Gasteiger partial charge is 0.497 e. The highest BCUT2D eigenvalue weighted by Crippen LogP contribution is 2.30. The zero-order valence-corrected chi connectivity index (χ0v) is 16.3. The maximum absolute atomic E-state index is 13.9. The second kappa shape index (κ2) is 8.24. The quantitative estimate of drug-likeness (QED) is 0.298. The van der Waals surface area contributed by atoms with Gasteiger partial charge in [-0.2, -0.15) is 0 Å². The molecule has 6 nitrogen and oxygen atoms in total. The minimum atomic E-state index is -0.413. The second-order valence-corrected chi connectivity index (χ2v) is 7.07. The number of nitrogen functional groups attached to an aromatic ring is 1. The highest BCUT2D eigenvalue weighted by atomic mass is 32.2. The number of nitrogens with zero attached hydrogens (tertiary/aromatic N) is 2. The molecule has 0 spiro atoms. The van der Waals surface area contributed by atoms with Gasteiger partial charge in [-0.1, -0.05) is 18.2 Å². The molecule has 8 heteroatoms. The van der Waals surface area contributed by atoms with Crippen LogP contribution in [0.4, 0.5) is 27.4 Å². The number of benzene rings is 3. The third-order valence-electron chi connectivity index (χ3n) is 4.06. The summed E-state index contributed by atoms with van der Waals surface area (Å²) in [6.07, 6.45) is 0. The Balaban J connectivity index is 1.69. The lowest BCUT2D eigenvalue weighted by Crippen LogP contribution is -2.03. The predicted octanol–water partition coefficient (Wildman–Crippen LogP) is 5.22. The van der Waals surface area contributed by atoms with Crippen LogP contribution in [0.5, 0.6) is 5.75 Å². The van der Waals surface area contributed by atoms with Crippen molar-refractivity contribution in [3.05, 3.63) is 72.5 Å². The third kappa shape index (κ3) is 4.49. The van der Waals surface area contributed by atoms with Crippen LogP contribution in [0.1, 0.15) is 0 Å². The van der Waals surface area contributed by atoms with Crippen molar-refractivity contribution in [2.24, 2.45) is 0 Å². The Morgan fingerprint density at radius 1 is 0.931 bits per heavy atom. The van der Waals surface area contributed by atoms with Crippen molar-refractivity contribution >= 4 is 46.0 Å². The first-order valence-electron chi connectivity index (χ1n) is 8.77. The molecule has 4 aromatic rings. The van der Waals surface area contributed by atoms with Crippen LogP contribution >= 0.6 is 11.9 Å². The molecule has 0 saturated carbocycles. The fraction of sp³-hybridized carbons (Fsp3) is 0.0476. The van der Waals surface area contributed by atoms with Crippen molar-refractivity contribution < 1.29 is 9.13 Å². The molecule has 0 amide bonds. The Morgan fingerprint density at radius 3 is 2.41 bits per heavy atom. The molecular weight excluding hydrogens is 389 g/mol. The number of ether oxygens (including phenoxy) is 1. The average Bonchev–Trinajstić information content (AvgIpc) is 2.72. The number of hydrogen-bond donors (Lipinski definition) is 3. The molecule has 0 aliphatic rings. The number of para-hydroxylation sites is 2. The number of aromatic nitrogens is 2. The van der Waals surface area contributed by atoms with Crippen LogP contribution in [0.3, 0.4) is 0 Å². The molecule has 0 aliphatic carbocycles. The average molecular weight is 407 g/mol. The van der Waals surface area contributed by atoms with Gasteiger partial charge in [0.25, 0.3) is 0 Å². The zero-order chi connectivity index (χ0) is 20.2. The van der Waals surface area contributed by atoms with Crippen molar-refractivity contribution in [2.75, 3.05) is 22.9 Å². The Labute approximate surface area is 171 Å². The first-order valence-corrected chi connectivity index (χ1v) is 9.59. The molecule has 0 radical (unpaired) electrons. The summed E-state index contributed by atoms with van der Waals surface area (Å²) < 4.78 is 22.2. The fourth-order valence-corrected chi connectivity index (χ4v) is 3.43. The van der Waals surface area contributed by atoms with Gasteiger partial charge in [-0.15, -0.1) is 0 Å². The van der Waals surface area contributed by atoms with Crippen molar-refractivity contribution in [1.82, 2.24) is 9.97 Å². The van der Waals surface area contributed by atoms with Crippen LogP contribution in [-0.2, 0) is 0 Å². The van der Waals surface area contributed by atoms with E-state index in [0.29, 0.717) is 28.8 Å². The Hall–Kier alpha value is -3.52. The maximum Gasteiger partial charge on any atom is 0.180 e. The molecule has 0 fully saturated rings. The highest BCUT2D eigenvalue weighted by molar-refractivity contribution is 8.00. The molecule has 4 rings (SSSR count). The molecule has 1 aromatic heterocycles. The van der Waals surface area contributed by atoms with Gasteiger partial charge in [0.1, 0.15) is 11.6 Å². The van der Waals surface area contributed by atoms with Crippen molar-refractivity contribution in [2.45, 2.75) is 4.90 Å². The van der Waals surface area contributed by atoms with E-state index < -0.39 is 5.82 Å². The van der Waals surface area contributed by atoms with Gasteiger partial charge in [-0.05, 0) is 48.3 Å². The van der Waals surface area contributed by atoms with E-state index in [4.69, 9.17) is 10.5 Å². The molecule has 0 aliphatic heterocycles. The van der Waals surface area contributed by atoms with E-state index in [-0.39, 0.29) is 0 Å². The molecule has 1 heterocycles. The molecule has 3 aromatic carbocycles. The van der Waals surface area contributed by atoms with E-state index in [1.54, 1.807) is 6.07 Å². The van der Waals surface area contributed by atoms with Crippen molar-refractivity contribution in [3.63, 3.8) is 0 Å². The fourth-order valence-electron chi connectivity index (χ4n) is 2.73. The maximum atomic E-state index is 13.9. The third-order valence-corrected chi connectivity index (χ3v) is 4.85. The summed E-state index contributed by atoms with van der Waals surface area (Å²) >= 11 is 1.36. The van der Waals surface area contributed by atoms with Crippen molar-refractivity contribution in [3.8, 4) is 5.75 Å². The van der Waals surface area contributed by atoms with Crippen LogP contribution in [0.2, 0.25) is 0 Å². The van der Waals surface area contributed by atoms with Gasteiger partial charge < -0.3 is 20.5 Å². The topological polar surface area (TPSA) is 85.1 Å². The van der Waals surface area contributed by atoms with E-state index in [1.807, 2.05) is 48.5 Å². The number of rotatable bonds is 6.